The third kappa shape index (κ3) is 4.31. The molecule has 2 aromatic rings. The number of methoxy groups -OCH3 is 1. The Labute approximate surface area is 197 Å². The molecule has 0 amide bonds. The monoisotopic (exact) mass is 462 g/mol. The van der Waals surface area contributed by atoms with Gasteiger partial charge in [0.05, 0.1) is 35.7 Å². The van der Waals surface area contributed by atoms with Gasteiger partial charge in [0, 0.05) is 29.4 Å². The fourth-order valence-corrected chi connectivity index (χ4v) is 4.70. The van der Waals surface area contributed by atoms with Crippen molar-refractivity contribution in [3.05, 3.63) is 98.4 Å². The molecule has 0 bridgehead atoms. The average molecular weight is 463 g/mol. The maximum Gasteiger partial charge on any atom is 0.336 e. The number of dihydropyridines is 1. The third-order valence-electron chi connectivity index (χ3n) is 6.30. The van der Waals surface area contributed by atoms with Gasteiger partial charge in [-0.15, -0.1) is 0 Å². The van der Waals surface area contributed by atoms with Gasteiger partial charge in [0.15, 0.2) is 0 Å². The zero-order valence-corrected chi connectivity index (χ0v) is 19.2. The van der Waals surface area contributed by atoms with Crippen LogP contribution in [0.25, 0.3) is 0 Å². The number of carbonyl (C=O) groups is 2. The summed E-state index contributed by atoms with van der Waals surface area (Å²) in [5, 5.41) is 14.8. The van der Waals surface area contributed by atoms with Crippen molar-refractivity contribution in [1.29, 1.82) is 0 Å². The minimum atomic E-state index is -0.861. The smallest absolute Gasteiger partial charge is 0.336 e. The molecule has 0 saturated heterocycles. The van der Waals surface area contributed by atoms with Gasteiger partial charge in [-0.25, -0.2) is 9.59 Å². The molecular weight excluding hydrogens is 436 g/mol. The molecule has 0 aromatic heterocycles. The van der Waals surface area contributed by atoms with Crippen LogP contribution in [0.1, 0.15) is 43.2 Å². The quantitative estimate of drug-likeness (QED) is 0.370. The van der Waals surface area contributed by atoms with Gasteiger partial charge < -0.3 is 14.8 Å². The summed E-state index contributed by atoms with van der Waals surface area (Å²) in [6.07, 6.45) is 0.831. The molecule has 0 spiro atoms. The van der Waals surface area contributed by atoms with E-state index in [1.807, 2.05) is 18.2 Å². The van der Waals surface area contributed by atoms with E-state index in [0.29, 0.717) is 17.0 Å². The molecule has 1 N–H and O–H groups in total. The molecule has 2 aromatic carbocycles. The molecule has 4 rings (SSSR count). The second kappa shape index (κ2) is 9.51. The molecule has 8 heteroatoms. The fourth-order valence-electron chi connectivity index (χ4n) is 4.70. The number of nitro groups is 1. The van der Waals surface area contributed by atoms with Crippen LogP contribution in [0.4, 0.5) is 5.69 Å². The van der Waals surface area contributed by atoms with Crippen molar-refractivity contribution in [3.8, 4) is 0 Å². The number of carbonyl (C=O) groups excluding carboxylic acids is 2. The van der Waals surface area contributed by atoms with Crippen molar-refractivity contribution in [1.82, 2.24) is 5.32 Å². The molecule has 2 aliphatic rings. The van der Waals surface area contributed by atoms with E-state index in [4.69, 9.17) is 9.47 Å². The molecule has 1 saturated carbocycles. The fraction of sp³-hybridized carbons (Fsp3) is 0.308. The van der Waals surface area contributed by atoms with Crippen LogP contribution in [0.5, 0.6) is 0 Å². The van der Waals surface area contributed by atoms with Crippen molar-refractivity contribution >= 4 is 17.6 Å². The number of esters is 2. The molecule has 1 heterocycles. The number of nitrogens with one attached hydrogen (secondary N) is 1. The highest BCUT2D eigenvalue weighted by Crippen LogP contribution is 2.54. The summed E-state index contributed by atoms with van der Waals surface area (Å²) in [6, 6.07) is 16.0. The summed E-state index contributed by atoms with van der Waals surface area (Å²) in [7, 11) is 1.27. The van der Waals surface area contributed by atoms with Crippen LogP contribution in [-0.2, 0) is 19.1 Å². The summed E-state index contributed by atoms with van der Waals surface area (Å²) in [5.41, 5.74) is 3.24. The maximum atomic E-state index is 13.3. The number of nitrogens with zero attached hydrogens (tertiary/aromatic N) is 1. The van der Waals surface area contributed by atoms with Crippen molar-refractivity contribution in [2.75, 3.05) is 13.7 Å². The van der Waals surface area contributed by atoms with Gasteiger partial charge in [-0.3, -0.25) is 10.1 Å². The Morgan fingerprint density at radius 3 is 2.38 bits per heavy atom. The minimum Gasteiger partial charge on any atom is -0.466 e. The number of nitro benzene ring substituents is 1. The van der Waals surface area contributed by atoms with E-state index < -0.39 is 22.8 Å². The van der Waals surface area contributed by atoms with E-state index in [2.05, 4.69) is 17.4 Å². The van der Waals surface area contributed by atoms with Crippen LogP contribution in [0.3, 0.4) is 0 Å². The lowest BCUT2D eigenvalue weighted by atomic mass is 9.79. The van der Waals surface area contributed by atoms with Crippen LogP contribution in [-0.4, -0.2) is 30.6 Å². The topological polar surface area (TPSA) is 108 Å². The third-order valence-corrected chi connectivity index (χ3v) is 6.30. The molecule has 34 heavy (non-hydrogen) atoms. The van der Waals surface area contributed by atoms with Gasteiger partial charge in [0.1, 0.15) is 0 Å². The lowest BCUT2D eigenvalue weighted by Crippen LogP contribution is -2.34. The van der Waals surface area contributed by atoms with Gasteiger partial charge in [-0.1, -0.05) is 42.5 Å². The summed E-state index contributed by atoms with van der Waals surface area (Å²) in [4.78, 5) is 37.1. The Morgan fingerprint density at radius 2 is 1.74 bits per heavy atom. The molecule has 8 nitrogen and oxygen atoms in total. The van der Waals surface area contributed by atoms with Gasteiger partial charge in [0.2, 0.25) is 0 Å². The molecule has 0 radical (unpaired) electrons. The van der Waals surface area contributed by atoms with Gasteiger partial charge in [-0.05, 0) is 37.3 Å². The summed E-state index contributed by atoms with van der Waals surface area (Å²) in [6.45, 7) is 3.61. The van der Waals surface area contributed by atoms with Crippen LogP contribution in [0.15, 0.2) is 77.1 Å². The number of benzene rings is 2. The Morgan fingerprint density at radius 1 is 1.03 bits per heavy atom. The number of hydrogen-bond acceptors (Lipinski definition) is 7. The highest BCUT2D eigenvalue weighted by atomic mass is 16.6. The molecule has 176 valence electrons. The van der Waals surface area contributed by atoms with Crippen LogP contribution < -0.4 is 5.32 Å². The second-order valence-electron chi connectivity index (χ2n) is 8.35. The molecule has 3 unspecified atom stereocenters. The van der Waals surface area contributed by atoms with Crippen LogP contribution in [0.2, 0.25) is 0 Å². The highest BCUT2D eigenvalue weighted by Gasteiger charge is 2.48. The number of ether oxygens (including phenoxy) is 2. The minimum absolute atomic E-state index is 0.0251. The maximum absolute atomic E-state index is 13.3. The van der Waals surface area contributed by atoms with E-state index in [1.54, 1.807) is 26.0 Å². The molecule has 3 atom stereocenters. The first-order valence-electron chi connectivity index (χ1n) is 11.1. The van der Waals surface area contributed by atoms with Gasteiger partial charge in [-0.2, -0.15) is 0 Å². The van der Waals surface area contributed by atoms with Crippen molar-refractivity contribution < 1.29 is 24.0 Å². The number of allylic oxidation sites excluding steroid dienone is 2. The largest absolute Gasteiger partial charge is 0.466 e. The van der Waals surface area contributed by atoms with Crippen molar-refractivity contribution in [3.63, 3.8) is 0 Å². The first kappa shape index (κ1) is 23.2. The second-order valence-corrected chi connectivity index (χ2v) is 8.35. The van der Waals surface area contributed by atoms with E-state index in [9.17, 15) is 19.7 Å². The number of rotatable bonds is 7. The molecule has 1 aliphatic carbocycles. The first-order chi connectivity index (χ1) is 16.4. The van der Waals surface area contributed by atoms with E-state index in [0.717, 1.165) is 12.0 Å². The molecule has 1 fully saturated rings. The Kier molecular flexibility index (Phi) is 6.49. The normalized spacial score (nSPS) is 21.6. The lowest BCUT2D eigenvalue weighted by molar-refractivity contribution is -0.384. The Balaban J connectivity index is 1.88. The zero-order chi connectivity index (χ0) is 24.4. The van der Waals surface area contributed by atoms with Crippen molar-refractivity contribution in [2.45, 2.75) is 32.1 Å². The van der Waals surface area contributed by atoms with Gasteiger partial charge >= 0.3 is 11.9 Å². The number of non-ortho nitro benzene ring substituents is 1. The van der Waals surface area contributed by atoms with Crippen molar-refractivity contribution in [2.24, 2.45) is 5.92 Å². The number of hydrogen-bond donors (Lipinski definition) is 1. The molecule has 1 aliphatic heterocycles. The Bertz CT molecular complexity index is 1200. The summed E-state index contributed by atoms with van der Waals surface area (Å²) >= 11 is 0. The van der Waals surface area contributed by atoms with Gasteiger partial charge in [0.25, 0.3) is 5.69 Å². The van der Waals surface area contributed by atoms with Crippen LogP contribution >= 0.6 is 0 Å². The SMILES string of the molecule is CCOC(=O)C1=C(C2CC2c2ccccc2)NC(C)=C(C(=O)OC)C1c1cccc([N+](=O)[O-])c1. The summed E-state index contributed by atoms with van der Waals surface area (Å²) < 4.78 is 10.4. The summed E-state index contributed by atoms with van der Waals surface area (Å²) in [5.74, 6) is -1.80. The average Bonchev–Trinajstić information content (AvgIpc) is 3.64. The lowest BCUT2D eigenvalue weighted by Gasteiger charge is -2.31. The predicted octanol–water partition coefficient (Wildman–Crippen LogP) is 4.35. The Hall–Kier alpha value is -3.94. The first-order valence-corrected chi connectivity index (χ1v) is 11.1. The zero-order valence-electron chi connectivity index (χ0n) is 19.2. The highest BCUT2D eigenvalue weighted by molar-refractivity contribution is 6.00. The molecular formula is C26H26N2O6. The standard InChI is InChI=1S/C26H26N2O6/c1-4-34-26(30)23-22(17-11-8-12-18(13-17)28(31)32)21(25(29)33-3)15(2)27-24(23)20-14-19(20)16-9-6-5-7-10-16/h5-13,19-20,22,27H,4,14H2,1-3H3. The van der Waals surface area contributed by atoms with E-state index in [1.165, 1.54) is 19.2 Å². The van der Waals surface area contributed by atoms with Crippen LogP contribution in [0, 0.1) is 16.0 Å². The van der Waals surface area contributed by atoms with E-state index in [-0.39, 0.29) is 35.3 Å². The predicted molar refractivity (Wildman–Crippen MR) is 125 cm³/mol. The van der Waals surface area contributed by atoms with E-state index >= 15 is 0 Å².